The summed E-state index contributed by atoms with van der Waals surface area (Å²) in [5.74, 6) is 0. The van der Waals surface area contributed by atoms with E-state index in [1.165, 1.54) is 0 Å². The quantitative estimate of drug-likeness (QED) is 0.700. The fourth-order valence-electron chi connectivity index (χ4n) is 1.49. The molecule has 0 spiro atoms. The van der Waals surface area contributed by atoms with Crippen molar-refractivity contribution in [2.45, 2.75) is 20.1 Å². The Labute approximate surface area is 79.8 Å². The van der Waals surface area contributed by atoms with Crippen LogP contribution in [0.4, 0.5) is 0 Å². The molecule has 1 atom stereocenters. The first kappa shape index (κ1) is 10.2. The van der Waals surface area contributed by atoms with Crippen molar-refractivity contribution in [1.82, 2.24) is 4.90 Å². The van der Waals surface area contributed by atoms with E-state index in [1.54, 1.807) is 4.90 Å². The van der Waals surface area contributed by atoms with Crippen molar-refractivity contribution in [3.05, 3.63) is 34.9 Å². The van der Waals surface area contributed by atoms with Gasteiger partial charge in [-0.05, 0) is 39.1 Å². The molecule has 1 N–H and O–H groups in total. The van der Waals surface area contributed by atoms with Gasteiger partial charge in [-0.1, -0.05) is 18.2 Å². The molecule has 0 bridgehead atoms. The molecule has 0 saturated heterocycles. The molecule has 0 aliphatic carbocycles. The summed E-state index contributed by atoms with van der Waals surface area (Å²) in [6.07, 6.45) is -0.499. The zero-order valence-corrected chi connectivity index (χ0v) is 8.70. The lowest BCUT2D eigenvalue weighted by molar-refractivity contribution is 0.0385. The van der Waals surface area contributed by atoms with E-state index in [4.69, 9.17) is 0 Å². The summed E-state index contributed by atoms with van der Waals surface area (Å²) in [6.45, 7) is 4.05. The molecular formula is C11H17NO. The van der Waals surface area contributed by atoms with E-state index in [1.807, 2.05) is 46.1 Å². The van der Waals surface area contributed by atoms with Crippen LogP contribution in [0.3, 0.4) is 0 Å². The molecule has 1 aromatic rings. The number of rotatable bonds is 2. The average Bonchev–Trinajstić information content (AvgIpc) is 2.03. The van der Waals surface area contributed by atoms with E-state index in [-0.39, 0.29) is 0 Å². The molecule has 1 unspecified atom stereocenters. The number of benzene rings is 1. The Morgan fingerprint density at radius 2 is 1.62 bits per heavy atom. The van der Waals surface area contributed by atoms with E-state index in [9.17, 15) is 5.11 Å². The smallest absolute Gasteiger partial charge is 0.133 e. The van der Waals surface area contributed by atoms with Crippen LogP contribution in [0, 0.1) is 13.8 Å². The fourth-order valence-corrected chi connectivity index (χ4v) is 1.49. The van der Waals surface area contributed by atoms with Gasteiger partial charge in [0.15, 0.2) is 0 Å². The molecule has 0 heterocycles. The van der Waals surface area contributed by atoms with Crippen molar-refractivity contribution < 1.29 is 5.11 Å². The van der Waals surface area contributed by atoms with E-state index >= 15 is 0 Å². The Morgan fingerprint density at radius 3 is 2.00 bits per heavy atom. The molecule has 0 saturated carbocycles. The van der Waals surface area contributed by atoms with Crippen LogP contribution in [0.1, 0.15) is 22.9 Å². The first-order valence-electron chi connectivity index (χ1n) is 4.44. The molecule has 13 heavy (non-hydrogen) atoms. The van der Waals surface area contributed by atoms with Crippen molar-refractivity contribution in [1.29, 1.82) is 0 Å². The first-order chi connectivity index (χ1) is 6.04. The summed E-state index contributed by atoms with van der Waals surface area (Å²) < 4.78 is 0. The van der Waals surface area contributed by atoms with Gasteiger partial charge in [-0.3, -0.25) is 4.90 Å². The number of aryl methyl sites for hydroxylation is 2. The van der Waals surface area contributed by atoms with Gasteiger partial charge < -0.3 is 5.11 Å². The molecule has 0 radical (unpaired) electrons. The molecule has 1 rings (SSSR count). The molecule has 1 aromatic carbocycles. The topological polar surface area (TPSA) is 23.5 Å². The van der Waals surface area contributed by atoms with Crippen molar-refractivity contribution in [3.63, 3.8) is 0 Å². The molecular weight excluding hydrogens is 162 g/mol. The highest BCUT2D eigenvalue weighted by Crippen LogP contribution is 2.22. The normalized spacial score (nSPS) is 13.4. The van der Waals surface area contributed by atoms with E-state index in [2.05, 4.69) is 0 Å². The lowest BCUT2D eigenvalue weighted by Crippen LogP contribution is -2.20. The van der Waals surface area contributed by atoms with E-state index < -0.39 is 6.23 Å². The van der Waals surface area contributed by atoms with Gasteiger partial charge in [0.1, 0.15) is 6.23 Å². The molecule has 2 heteroatoms. The maximum absolute atomic E-state index is 9.89. The second kappa shape index (κ2) is 3.90. The van der Waals surface area contributed by atoms with Gasteiger partial charge in [0.05, 0.1) is 0 Å². The Hall–Kier alpha value is -0.860. The van der Waals surface area contributed by atoms with Crippen LogP contribution in [0.2, 0.25) is 0 Å². The van der Waals surface area contributed by atoms with Gasteiger partial charge in [0.25, 0.3) is 0 Å². The molecule has 0 aliphatic heterocycles. The second-order valence-corrected chi connectivity index (χ2v) is 3.64. The van der Waals surface area contributed by atoms with Crippen molar-refractivity contribution in [2.24, 2.45) is 0 Å². The zero-order chi connectivity index (χ0) is 10.0. The van der Waals surface area contributed by atoms with Crippen LogP contribution in [0.25, 0.3) is 0 Å². The zero-order valence-electron chi connectivity index (χ0n) is 8.70. The molecule has 0 aromatic heterocycles. The minimum Gasteiger partial charge on any atom is -0.374 e. The monoisotopic (exact) mass is 179 g/mol. The number of hydrogen-bond donors (Lipinski definition) is 1. The van der Waals surface area contributed by atoms with Gasteiger partial charge in [-0.2, -0.15) is 0 Å². The molecule has 72 valence electrons. The summed E-state index contributed by atoms with van der Waals surface area (Å²) in [4.78, 5) is 1.80. The van der Waals surface area contributed by atoms with Crippen molar-refractivity contribution in [2.75, 3.05) is 14.1 Å². The van der Waals surface area contributed by atoms with Crippen LogP contribution in [0.5, 0.6) is 0 Å². The van der Waals surface area contributed by atoms with Crippen molar-refractivity contribution in [3.8, 4) is 0 Å². The first-order valence-corrected chi connectivity index (χ1v) is 4.44. The summed E-state index contributed by atoms with van der Waals surface area (Å²) in [5, 5.41) is 9.89. The standard InChI is InChI=1S/C11H17NO/c1-8-6-5-7-9(2)10(8)11(13)12(3)4/h5-7,11,13H,1-4H3. The molecule has 0 amide bonds. The highest BCUT2D eigenvalue weighted by atomic mass is 16.3. The third-order valence-corrected chi connectivity index (χ3v) is 2.29. The highest BCUT2D eigenvalue weighted by molar-refractivity contribution is 5.34. The third kappa shape index (κ3) is 2.08. The molecule has 2 nitrogen and oxygen atoms in total. The fraction of sp³-hybridized carbons (Fsp3) is 0.455. The average molecular weight is 179 g/mol. The van der Waals surface area contributed by atoms with Crippen molar-refractivity contribution >= 4 is 0 Å². The summed E-state index contributed by atoms with van der Waals surface area (Å²) in [6, 6.07) is 6.06. The predicted molar refractivity (Wildman–Crippen MR) is 54.6 cm³/mol. The van der Waals surface area contributed by atoms with Crippen LogP contribution in [-0.4, -0.2) is 24.1 Å². The second-order valence-electron chi connectivity index (χ2n) is 3.64. The summed E-state index contributed by atoms with van der Waals surface area (Å²) in [5.41, 5.74) is 3.30. The van der Waals surface area contributed by atoms with Gasteiger partial charge in [0.2, 0.25) is 0 Å². The maximum atomic E-state index is 9.89. The van der Waals surface area contributed by atoms with Crippen LogP contribution in [-0.2, 0) is 0 Å². The van der Waals surface area contributed by atoms with Crippen LogP contribution in [0.15, 0.2) is 18.2 Å². The minimum atomic E-state index is -0.499. The van der Waals surface area contributed by atoms with Gasteiger partial charge >= 0.3 is 0 Å². The number of aliphatic hydroxyl groups excluding tert-OH is 1. The highest BCUT2D eigenvalue weighted by Gasteiger charge is 2.13. The predicted octanol–water partition coefficient (Wildman–Crippen LogP) is 1.86. The Balaban J connectivity index is 3.12. The minimum absolute atomic E-state index is 0.499. The van der Waals surface area contributed by atoms with Crippen LogP contribution >= 0.6 is 0 Å². The lowest BCUT2D eigenvalue weighted by atomic mass is 10.0. The Morgan fingerprint density at radius 1 is 1.15 bits per heavy atom. The number of aliphatic hydroxyl groups is 1. The van der Waals surface area contributed by atoms with Gasteiger partial charge in [-0.25, -0.2) is 0 Å². The summed E-state index contributed by atoms with van der Waals surface area (Å²) >= 11 is 0. The van der Waals surface area contributed by atoms with E-state index in [0.29, 0.717) is 0 Å². The molecule has 0 aliphatic rings. The largest absolute Gasteiger partial charge is 0.374 e. The van der Waals surface area contributed by atoms with Gasteiger partial charge in [0, 0.05) is 5.56 Å². The van der Waals surface area contributed by atoms with Crippen LogP contribution < -0.4 is 0 Å². The SMILES string of the molecule is Cc1cccc(C)c1C(O)N(C)C. The van der Waals surface area contributed by atoms with Gasteiger partial charge in [-0.15, -0.1) is 0 Å². The third-order valence-electron chi connectivity index (χ3n) is 2.29. The Kier molecular flexibility index (Phi) is 3.07. The summed E-state index contributed by atoms with van der Waals surface area (Å²) in [7, 11) is 3.74. The van der Waals surface area contributed by atoms with E-state index in [0.717, 1.165) is 16.7 Å². The molecule has 0 fully saturated rings. The lowest BCUT2D eigenvalue weighted by Gasteiger charge is -2.22. The number of hydrogen-bond acceptors (Lipinski definition) is 2. The Bertz CT molecular complexity index is 274. The number of nitrogens with zero attached hydrogens (tertiary/aromatic N) is 1. The maximum Gasteiger partial charge on any atom is 0.133 e.